The van der Waals surface area contributed by atoms with Gasteiger partial charge in [0.1, 0.15) is 12.1 Å². The van der Waals surface area contributed by atoms with E-state index in [1.807, 2.05) is 6.07 Å². The van der Waals surface area contributed by atoms with Gasteiger partial charge in [0.05, 0.1) is 17.5 Å². The fourth-order valence-electron chi connectivity index (χ4n) is 4.13. The standard InChI is InChI=1S/C21H26N2O/c1-3-10-18-20(23-24)15(2)19(16-11-6-4-7-12-16)22-21(18)17-13-8-5-9-14-17/h4-9,11-15,18-19,21-22,24H,3,10H2,1-2H3/p+1/b23-20+/t15-,18-,19-,21-/m0/s1. The van der Waals surface area contributed by atoms with Gasteiger partial charge in [-0.1, -0.05) is 86.1 Å². The summed E-state index contributed by atoms with van der Waals surface area (Å²) in [4.78, 5) is 0. The minimum absolute atomic E-state index is 0.217. The molecule has 1 saturated heterocycles. The molecule has 3 nitrogen and oxygen atoms in total. The van der Waals surface area contributed by atoms with Crippen molar-refractivity contribution in [3.05, 3.63) is 71.8 Å². The zero-order valence-electron chi connectivity index (χ0n) is 14.5. The average molecular weight is 323 g/mol. The van der Waals surface area contributed by atoms with Crippen LogP contribution in [0.3, 0.4) is 0 Å². The van der Waals surface area contributed by atoms with Crippen LogP contribution in [0.5, 0.6) is 0 Å². The summed E-state index contributed by atoms with van der Waals surface area (Å²) in [6.45, 7) is 4.39. The van der Waals surface area contributed by atoms with Crippen molar-refractivity contribution in [2.24, 2.45) is 17.0 Å². The Kier molecular flexibility index (Phi) is 5.31. The first kappa shape index (κ1) is 16.7. The molecular formula is C21H27N2O+. The highest BCUT2D eigenvalue weighted by atomic mass is 16.4. The zero-order valence-corrected chi connectivity index (χ0v) is 14.5. The van der Waals surface area contributed by atoms with E-state index in [0.29, 0.717) is 6.04 Å². The minimum atomic E-state index is 0.217. The third-order valence-electron chi connectivity index (χ3n) is 5.32. The maximum Gasteiger partial charge on any atom is 0.120 e. The smallest absolute Gasteiger partial charge is 0.120 e. The van der Waals surface area contributed by atoms with Crippen LogP contribution < -0.4 is 5.32 Å². The van der Waals surface area contributed by atoms with Crippen LogP contribution in [0.2, 0.25) is 0 Å². The first-order valence-corrected chi connectivity index (χ1v) is 8.93. The molecule has 3 rings (SSSR count). The SMILES string of the molecule is CCC[C@H]1/C(=N/O)[C@@H](C)[C@@H](c2ccccc2)[NH2+][C@H]1c1ccccc1. The van der Waals surface area contributed by atoms with Crippen molar-refractivity contribution >= 4 is 5.71 Å². The molecule has 0 saturated carbocycles. The molecule has 126 valence electrons. The van der Waals surface area contributed by atoms with Gasteiger partial charge in [-0.05, 0) is 6.42 Å². The molecule has 24 heavy (non-hydrogen) atoms. The lowest BCUT2D eigenvalue weighted by atomic mass is 9.73. The van der Waals surface area contributed by atoms with E-state index < -0.39 is 0 Å². The highest BCUT2D eigenvalue weighted by Crippen LogP contribution is 2.35. The minimum Gasteiger partial charge on any atom is -0.411 e. The molecule has 3 N–H and O–H groups in total. The van der Waals surface area contributed by atoms with Gasteiger partial charge in [-0.2, -0.15) is 0 Å². The van der Waals surface area contributed by atoms with E-state index in [-0.39, 0.29) is 17.9 Å². The first-order chi connectivity index (χ1) is 11.8. The van der Waals surface area contributed by atoms with Crippen LogP contribution in [0.1, 0.15) is 49.9 Å². The van der Waals surface area contributed by atoms with Gasteiger partial charge in [0.15, 0.2) is 0 Å². The quantitative estimate of drug-likeness (QED) is 0.650. The second-order valence-electron chi connectivity index (χ2n) is 6.77. The summed E-state index contributed by atoms with van der Waals surface area (Å²) in [5.41, 5.74) is 3.55. The van der Waals surface area contributed by atoms with Crippen LogP contribution in [-0.2, 0) is 0 Å². The Morgan fingerprint density at radius 2 is 1.46 bits per heavy atom. The van der Waals surface area contributed by atoms with E-state index in [2.05, 4.69) is 78.9 Å². The van der Waals surface area contributed by atoms with Crippen LogP contribution in [-0.4, -0.2) is 10.9 Å². The third-order valence-corrected chi connectivity index (χ3v) is 5.32. The third kappa shape index (κ3) is 3.22. The van der Waals surface area contributed by atoms with E-state index in [1.54, 1.807) is 0 Å². The van der Waals surface area contributed by atoms with Crippen molar-refractivity contribution in [2.75, 3.05) is 0 Å². The number of nitrogens with two attached hydrogens (primary N) is 1. The Bertz CT molecular complexity index is 669. The summed E-state index contributed by atoms with van der Waals surface area (Å²) in [7, 11) is 0. The number of oxime groups is 1. The molecule has 0 amide bonds. The van der Waals surface area contributed by atoms with E-state index in [0.717, 1.165) is 18.6 Å². The number of piperidine rings is 1. The Balaban J connectivity index is 2.01. The normalized spacial score (nSPS) is 28.8. The van der Waals surface area contributed by atoms with Crippen molar-refractivity contribution in [1.29, 1.82) is 0 Å². The van der Waals surface area contributed by atoms with Gasteiger partial charge in [-0.15, -0.1) is 0 Å². The largest absolute Gasteiger partial charge is 0.411 e. The Morgan fingerprint density at radius 3 is 1.96 bits per heavy atom. The number of hydrogen-bond donors (Lipinski definition) is 2. The molecule has 2 aromatic rings. The summed E-state index contributed by atoms with van der Waals surface area (Å²) in [6, 6.07) is 21.8. The highest BCUT2D eigenvalue weighted by Gasteiger charge is 2.44. The summed E-state index contributed by atoms with van der Waals surface area (Å²) in [5, 5.41) is 16.0. The van der Waals surface area contributed by atoms with Crippen LogP contribution >= 0.6 is 0 Å². The molecule has 0 aromatic heterocycles. The van der Waals surface area contributed by atoms with E-state index in [4.69, 9.17) is 0 Å². The van der Waals surface area contributed by atoms with Gasteiger partial charge in [0.2, 0.25) is 0 Å². The van der Waals surface area contributed by atoms with E-state index in [9.17, 15) is 5.21 Å². The van der Waals surface area contributed by atoms with Gasteiger partial charge >= 0.3 is 0 Å². The van der Waals surface area contributed by atoms with Crippen molar-refractivity contribution in [1.82, 2.24) is 0 Å². The van der Waals surface area contributed by atoms with Crippen molar-refractivity contribution in [3.8, 4) is 0 Å². The molecule has 3 heteroatoms. The summed E-state index contributed by atoms with van der Waals surface area (Å²) >= 11 is 0. The van der Waals surface area contributed by atoms with Crippen LogP contribution in [0, 0.1) is 11.8 Å². The van der Waals surface area contributed by atoms with Gasteiger partial charge in [-0.3, -0.25) is 0 Å². The molecular weight excluding hydrogens is 296 g/mol. The van der Waals surface area contributed by atoms with Crippen LogP contribution in [0.25, 0.3) is 0 Å². The van der Waals surface area contributed by atoms with Gasteiger partial charge in [0.25, 0.3) is 0 Å². The van der Waals surface area contributed by atoms with Gasteiger partial charge in [0, 0.05) is 11.1 Å². The van der Waals surface area contributed by atoms with Gasteiger partial charge in [-0.25, -0.2) is 0 Å². The lowest BCUT2D eigenvalue weighted by Crippen LogP contribution is -2.91. The molecule has 0 radical (unpaired) electrons. The number of benzene rings is 2. The van der Waals surface area contributed by atoms with Crippen LogP contribution in [0.15, 0.2) is 65.8 Å². The fraction of sp³-hybridized carbons (Fsp3) is 0.381. The Hall–Kier alpha value is -2.13. The van der Waals surface area contributed by atoms with Gasteiger partial charge < -0.3 is 10.5 Å². The summed E-state index contributed by atoms with van der Waals surface area (Å²) in [5.74, 6) is 0.492. The molecule has 1 aliphatic rings. The topological polar surface area (TPSA) is 49.2 Å². The second kappa shape index (κ2) is 7.63. The van der Waals surface area contributed by atoms with Crippen molar-refractivity contribution < 1.29 is 10.5 Å². The van der Waals surface area contributed by atoms with E-state index in [1.165, 1.54) is 11.1 Å². The zero-order chi connectivity index (χ0) is 16.9. The van der Waals surface area contributed by atoms with Crippen LogP contribution in [0.4, 0.5) is 0 Å². The second-order valence-corrected chi connectivity index (χ2v) is 6.77. The molecule has 4 atom stereocenters. The molecule has 1 aliphatic heterocycles. The molecule has 0 aliphatic carbocycles. The maximum absolute atomic E-state index is 9.76. The highest BCUT2D eigenvalue weighted by molar-refractivity contribution is 5.90. The predicted molar refractivity (Wildman–Crippen MR) is 97.1 cm³/mol. The van der Waals surface area contributed by atoms with Crippen molar-refractivity contribution in [2.45, 2.75) is 38.8 Å². The lowest BCUT2D eigenvalue weighted by Gasteiger charge is -2.39. The Morgan fingerprint density at radius 1 is 0.917 bits per heavy atom. The fourth-order valence-corrected chi connectivity index (χ4v) is 4.13. The molecule has 0 unspecified atom stereocenters. The van der Waals surface area contributed by atoms with Crippen molar-refractivity contribution in [3.63, 3.8) is 0 Å². The molecule has 0 spiro atoms. The summed E-state index contributed by atoms with van der Waals surface area (Å²) < 4.78 is 0. The monoisotopic (exact) mass is 323 g/mol. The molecule has 2 aromatic carbocycles. The molecule has 1 fully saturated rings. The number of nitrogens with zero attached hydrogens (tertiary/aromatic N) is 1. The average Bonchev–Trinajstić information content (AvgIpc) is 2.64. The lowest BCUT2D eigenvalue weighted by molar-refractivity contribution is -0.747. The summed E-state index contributed by atoms with van der Waals surface area (Å²) in [6.07, 6.45) is 2.13. The maximum atomic E-state index is 9.76. The predicted octanol–water partition coefficient (Wildman–Crippen LogP) is 3.93. The van der Waals surface area contributed by atoms with E-state index >= 15 is 0 Å². The molecule has 0 bridgehead atoms. The number of hydrogen-bond acceptors (Lipinski definition) is 2. The Labute approximate surface area is 144 Å². The number of quaternary nitrogens is 1. The number of rotatable bonds is 4. The first-order valence-electron chi connectivity index (χ1n) is 8.93. The molecule has 1 heterocycles.